The SMILES string of the molecule is CC(C)(CCc1ccccc1)NC(=O)Nc1ccc2[nH]ncc2c1. The fourth-order valence-corrected chi connectivity index (χ4v) is 2.65. The first-order valence-electron chi connectivity index (χ1n) is 8.08. The molecule has 3 rings (SSSR count). The van der Waals surface area contributed by atoms with Crippen LogP contribution in [0.1, 0.15) is 25.8 Å². The molecule has 3 aromatic rings. The van der Waals surface area contributed by atoms with Crippen molar-refractivity contribution in [1.29, 1.82) is 0 Å². The molecular formula is C19H22N4O. The highest BCUT2D eigenvalue weighted by atomic mass is 16.2. The van der Waals surface area contributed by atoms with E-state index in [1.807, 2.05) is 50.2 Å². The van der Waals surface area contributed by atoms with Gasteiger partial charge in [0.25, 0.3) is 0 Å². The molecule has 3 N–H and O–H groups in total. The van der Waals surface area contributed by atoms with Crippen molar-refractivity contribution in [3.8, 4) is 0 Å². The lowest BCUT2D eigenvalue weighted by Gasteiger charge is -2.26. The molecule has 5 heteroatoms. The van der Waals surface area contributed by atoms with E-state index in [9.17, 15) is 4.79 Å². The highest BCUT2D eigenvalue weighted by Crippen LogP contribution is 2.18. The summed E-state index contributed by atoms with van der Waals surface area (Å²) >= 11 is 0. The quantitative estimate of drug-likeness (QED) is 0.662. The third-order valence-corrected chi connectivity index (χ3v) is 4.03. The Morgan fingerprint density at radius 3 is 2.75 bits per heavy atom. The molecule has 0 radical (unpaired) electrons. The average Bonchev–Trinajstić information content (AvgIpc) is 3.01. The van der Waals surface area contributed by atoms with Crippen LogP contribution >= 0.6 is 0 Å². The number of nitrogens with zero attached hydrogens (tertiary/aromatic N) is 1. The van der Waals surface area contributed by atoms with Gasteiger partial charge in [-0.05, 0) is 50.5 Å². The number of fused-ring (bicyclic) bond motifs is 1. The van der Waals surface area contributed by atoms with Gasteiger partial charge in [0.05, 0.1) is 11.7 Å². The van der Waals surface area contributed by atoms with E-state index in [1.54, 1.807) is 6.20 Å². The lowest BCUT2D eigenvalue weighted by atomic mass is 9.95. The molecule has 0 fully saturated rings. The lowest BCUT2D eigenvalue weighted by molar-refractivity contribution is 0.239. The Morgan fingerprint density at radius 1 is 1.17 bits per heavy atom. The average molecular weight is 322 g/mol. The van der Waals surface area contributed by atoms with Crippen LogP contribution in [0.4, 0.5) is 10.5 Å². The number of hydrogen-bond acceptors (Lipinski definition) is 2. The Bertz CT molecular complexity index is 824. The van der Waals surface area contributed by atoms with Crippen molar-refractivity contribution in [1.82, 2.24) is 15.5 Å². The maximum absolute atomic E-state index is 12.3. The fourth-order valence-electron chi connectivity index (χ4n) is 2.65. The van der Waals surface area contributed by atoms with Crippen molar-refractivity contribution in [2.24, 2.45) is 0 Å². The molecule has 1 aromatic heterocycles. The van der Waals surface area contributed by atoms with Gasteiger partial charge >= 0.3 is 6.03 Å². The van der Waals surface area contributed by atoms with Crippen LogP contribution in [0.3, 0.4) is 0 Å². The number of carbonyl (C=O) groups is 1. The van der Waals surface area contributed by atoms with Crippen LogP contribution in [0.5, 0.6) is 0 Å². The van der Waals surface area contributed by atoms with E-state index in [4.69, 9.17) is 0 Å². The zero-order valence-corrected chi connectivity index (χ0v) is 14.0. The summed E-state index contributed by atoms with van der Waals surface area (Å²) < 4.78 is 0. The number of benzene rings is 2. The number of carbonyl (C=O) groups excluding carboxylic acids is 1. The van der Waals surface area contributed by atoms with Crippen LogP contribution in [0.15, 0.2) is 54.7 Å². The Balaban J connectivity index is 1.56. The molecule has 0 atom stereocenters. The predicted octanol–water partition coefficient (Wildman–Crippen LogP) is 4.10. The predicted molar refractivity (Wildman–Crippen MR) is 97.1 cm³/mol. The second-order valence-corrected chi connectivity index (χ2v) is 6.62. The zero-order chi connectivity index (χ0) is 17.0. The van der Waals surface area contributed by atoms with Gasteiger partial charge < -0.3 is 10.6 Å². The summed E-state index contributed by atoms with van der Waals surface area (Å²) in [5.41, 5.74) is 2.68. The van der Waals surface area contributed by atoms with Gasteiger partial charge in [-0.2, -0.15) is 5.10 Å². The molecule has 0 aliphatic heterocycles. The molecule has 0 saturated heterocycles. The Kier molecular flexibility index (Phi) is 4.51. The van der Waals surface area contributed by atoms with E-state index in [0.29, 0.717) is 0 Å². The highest BCUT2D eigenvalue weighted by molar-refractivity contribution is 5.92. The fraction of sp³-hybridized carbons (Fsp3) is 0.263. The number of H-pyrrole nitrogens is 1. The normalized spacial score (nSPS) is 11.4. The van der Waals surface area contributed by atoms with Crippen molar-refractivity contribution in [2.75, 3.05) is 5.32 Å². The minimum absolute atomic E-state index is 0.198. The lowest BCUT2D eigenvalue weighted by Crippen LogP contribution is -2.45. The molecule has 1 heterocycles. The minimum atomic E-state index is -0.292. The van der Waals surface area contributed by atoms with Crippen molar-refractivity contribution in [3.05, 3.63) is 60.3 Å². The van der Waals surface area contributed by atoms with Crippen LogP contribution in [-0.2, 0) is 6.42 Å². The number of aromatic nitrogens is 2. The van der Waals surface area contributed by atoms with Crippen LogP contribution in [0.25, 0.3) is 10.9 Å². The number of urea groups is 1. The summed E-state index contributed by atoms with van der Waals surface area (Å²) in [6.07, 6.45) is 3.53. The molecule has 0 saturated carbocycles. The molecule has 2 aromatic carbocycles. The number of hydrogen-bond donors (Lipinski definition) is 3. The van der Waals surface area contributed by atoms with Crippen LogP contribution < -0.4 is 10.6 Å². The van der Waals surface area contributed by atoms with Gasteiger partial charge in [-0.3, -0.25) is 5.10 Å². The van der Waals surface area contributed by atoms with Crippen molar-refractivity contribution in [3.63, 3.8) is 0 Å². The molecule has 0 aliphatic rings. The van der Waals surface area contributed by atoms with Crippen LogP contribution in [0.2, 0.25) is 0 Å². The first-order chi connectivity index (χ1) is 11.5. The highest BCUT2D eigenvalue weighted by Gasteiger charge is 2.20. The monoisotopic (exact) mass is 322 g/mol. The second kappa shape index (κ2) is 6.74. The van der Waals surface area contributed by atoms with Crippen molar-refractivity contribution in [2.45, 2.75) is 32.2 Å². The molecule has 0 bridgehead atoms. The van der Waals surface area contributed by atoms with Gasteiger partial charge in [0.1, 0.15) is 0 Å². The number of rotatable bonds is 5. The Morgan fingerprint density at radius 2 is 1.96 bits per heavy atom. The van der Waals surface area contributed by atoms with Gasteiger partial charge in [0.2, 0.25) is 0 Å². The smallest absolute Gasteiger partial charge is 0.319 e. The van der Waals surface area contributed by atoms with Gasteiger partial charge in [-0.25, -0.2) is 4.79 Å². The molecule has 0 aliphatic carbocycles. The van der Waals surface area contributed by atoms with E-state index < -0.39 is 0 Å². The van der Waals surface area contributed by atoms with E-state index in [-0.39, 0.29) is 11.6 Å². The molecule has 5 nitrogen and oxygen atoms in total. The zero-order valence-electron chi connectivity index (χ0n) is 14.0. The van der Waals surface area contributed by atoms with Crippen molar-refractivity contribution >= 4 is 22.6 Å². The van der Waals surface area contributed by atoms with Gasteiger partial charge in [-0.1, -0.05) is 30.3 Å². The number of amides is 2. The number of aromatic amines is 1. The van der Waals surface area contributed by atoms with Gasteiger partial charge in [-0.15, -0.1) is 0 Å². The summed E-state index contributed by atoms with van der Waals surface area (Å²) in [6.45, 7) is 4.07. The van der Waals surface area contributed by atoms with E-state index in [2.05, 4.69) is 33.0 Å². The maximum atomic E-state index is 12.3. The molecular weight excluding hydrogens is 300 g/mol. The van der Waals surface area contributed by atoms with E-state index in [1.165, 1.54) is 5.56 Å². The molecule has 0 spiro atoms. The minimum Gasteiger partial charge on any atom is -0.333 e. The standard InChI is InChI=1S/C19H22N4O/c1-19(2,11-10-14-6-4-3-5-7-14)22-18(24)21-16-8-9-17-15(12-16)13-20-23-17/h3-9,12-13H,10-11H2,1-2H3,(H,20,23)(H2,21,22,24). The summed E-state index contributed by atoms with van der Waals surface area (Å²) in [5.74, 6) is 0. The molecule has 24 heavy (non-hydrogen) atoms. The van der Waals surface area contributed by atoms with Crippen LogP contribution in [0, 0.1) is 0 Å². The number of aryl methyl sites for hydroxylation is 1. The summed E-state index contributed by atoms with van der Waals surface area (Å²) in [6, 6.07) is 15.8. The van der Waals surface area contributed by atoms with E-state index >= 15 is 0 Å². The van der Waals surface area contributed by atoms with E-state index in [0.717, 1.165) is 29.4 Å². The third-order valence-electron chi connectivity index (χ3n) is 4.03. The molecule has 0 unspecified atom stereocenters. The first kappa shape index (κ1) is 16.1. The topological polar surface area (TPSA) is 69.8 Å². The van der Waals surface area contributed by atoms with Gasteiger partial charge in [0, 0.05) is 16.6 Å². The summed E-state index contributed by atoms with van der Waals surface area (Å²) in [4.78, 5) is 12.3. The summed E-state index contributed by atoms with van der Waals surface area (Å²) in [5, 5.41) is 13.8. The van der Waals surface area contributed by atoms with Gasteiger partial charge in [0.15, 0.2) is 0 Å². The third kappa shape index (κ3) is 4.13. The second-order valence-electron chi connectivity index (χ2n) is 6.62. The molecule has 2 amide bonds. The first-order valence-corrected chi connectivity index (χ1v) is 8.08. The Hall–Kier alpha value is -2.82. The van der Waals surface area contributed by atoms with Crippen LogP contribution in [-0.4, -0.2) is 21.8 Å². The number of anilines is 1. The largest absolute Gasteiger partial charge is 0.333 e. The molecule has 124 valence electrons. The maximum Gasteiger partial charge on any atom is 0.319 e. The van der Waals surface area contributed by atoms with Crippen molar-refractivity contribution < 1.29 is 4.79 Å². The summed E-state index contributed by atoms with van der Waals surface area (Å²) in [7, 11) is 0. The number of nitrogens with one attached hydrogen (secondary N) is 3. The Labute approximate surface area is 141 Å².